The third-order valence-electron chi connectivity index (χ3n) is 12.4. The van der Waals surface area contributed by atoms with E-state index in [0.717, 1.165) is 55.5 Å². The van der Waals surface area contributed by atoms with Crippen LogP contribution >= 0.6 is 0 Å². The minimum absolute atomic E-state index is 0.00797. The van der Waals surface area contributed by atoms with Crippen LogP contribution < -0.4 is 0 Å². The Hall–Kier alpha value is -6.85. The third kappa shape index (κ3) is 6.77. The van der Waals surface area contributed by atoms with Gasteiger partial charge in [0, 0.05) is 49.6 Å². The highest BCUT2D eigenvalue weighted by atomic mass is 15.1. The van der Waals surface area contributed by atoms with Crippen LogP contribution in [0.1, 0.15) is 79.0 Å². The number of fused-ring (bicyclic) bond motifs is 6. The molecule has 10 rings (SSSR count). The van der Waals surface area contributed by atoms with Crippen LogP contribution in [-0.4, -0.2) is 24.1 Å². The molecule has 0 unspecified atom stereocenters. The normalized spacial score (nSPS) is 12.6. The van der Waals surface area contributed by atoms with Gasteiger partial charge >= 0.3 is 0 Å². The summed E-state index contributed by atoms with van der Waals surface area (Å²) in [6.45, 7) is 20.6. The molecule has 0 aliphatic carbocycles. The van der Waals surface area contributed by atoms with E-state index in [1.165, 1.54) is 32.8 Å². The lowest BCUT2D eigenvalue weighted by Gasteiger charge is -2.19. The highest BCUT2D eigenvalue weighted by Gasteiger charge is 2.26. The SMILES string of the molecule is CC(C)(C)c1ccc2c(c1)c1cc(C(C)(C)C)ccc1n2-c1cc(-c2nc(-c3ccccc3)nc(-c3ccccc3)n2)c2c(c1)c1cc(C(C)(C)C)ccc1n2-c1ccccc1. The fourth-order valence-corrected chi connectivity index (χ4v) is 8.91. The molecular weight excluding hydrogens is 755 g/mol. The number of hydrogen-bond acceptors (Lipinski definition) is 3. The maximum atomic E-state index is 5.39. The quantitative estimate of drug-likeness (QED) is 0.174. The van der Waals surface area contributed by atoms with Gasteiger partial charge in [0.05, 0.1) is 22.1 Å². The van der Waals surface area contributed by atoms with Crippen LogP contribution in [0.3, 0.4) is 0 Å². The average molecular weight is 808 g/mol. The van der Waals surface area contributed by atoms with Crippen molar-refractivity contribution in [3.63, 3.8) is 0 Å². The monoisotopic (exact) mass is 807 g/mol. The molecule has 0 bridgehead atoms. The van der Waals surface area contributed by atoms with E-state index in [-0.39, 0.29) is 16.2 Å². The van der Waals surface area contributed by atoms with Gasteiger partial charge in [-0.2, -0.15) is 0 Å². The summed E-state index contributed by atoms with van der Waals surface area (Å²) in [4.78, 5) is 15.9. The smallest absolute Gasteiger partial charge is 0.166 e. The lowest BCUT2D eigenvalue weighted by atomic mass is 9.85. The summed E-state index contributed by atoms with van der Waals surface area (Å²) in [6, 6.07) is 57.0. The molecule has 5 nitrogen and oxygen atoms in total. The molecular formula is C57H53N5. The zero-order chi connectivity index (χ0) is 43.1. The minimum Gasteiger partial charge on any atom is -0.309 e. The molecule has 0 saturated heterocycles. The zero-order valence-electron chi connectivity index (χ0n) is 37.2. The molecule has 0 atom stereocenters. The van der Waals surface area contributed by atoms with Crippen molar-refractivity contribution in [1.82, 2.24) is 24.1 Å². The Morgan fingerprint density at radius 1 is 0.339 bits per heavy atom. The van der Waals surface area contributed by atoms with Crippen molar-refractivity contribution in [2.45, 2.75) is 78.6 Å². The van der Waals surface area contributed by atoms with E-state index in [0.29, 0.717) is 17.5 Å². The first-order valence-corrected chi connectivity index (χ1v) is 21.8. The van der Waals surface area contributed by atoms with E-state index < -0.39 is 0 Å². The molecule has 306 valence electrons. The van der Waals surface area contributed by atoms with Crippen molar-refractivity contribution >= 4 is 43.6 Å². The highest BCUT2D eigenvalue weighted by Crippen LogP contribution is 2.44. The number of benzene rings is 7. The highest BCUT2D eigenvalue weighted by molar-refractivity contribution is 6.16. The molecule has 7 aromatic carbocycles. The molecule has 0 saturated carbocycles. The number of hydrogen-bond donors (Lipinski definition) is 0. The first-order valence-electron chi connectivity index (χ1n) is 21.8. The van der Waals surface area contributed by atoms with Crippen LogP contribution in [0.4, 0.5) is 0 Å². The van der Waals surface area contributed by atoms with Gasteiger partial charge in [0.25, 0.3) is 0 Å². The molecule has 3 aromatic heterocycles. The van der Waals surface area contributed by atoms with E-state index in [1.54, 1.807) is 0 Å². The maximum Gasteiger partial charge on any atom is 0.166 e. The van der Waals surface area contributed by atoms with E-state index in [2.05, 4.69) is 193 Å². The van der Waals surface area contributed by atoms with Gasteiger partial charge < -0.3 is 9.13 Å². The summed E-state index contributed by atoms with van der Waals surface area (Å²) in [7, 11) is 0. The summed E-state index contributed by atoms with van der Waals surface area (Å²) in [6.07, 6.45) is 0. The summed E-state index contributed by atoms with van der Waals surface area (Å²) in [5, 5.41) is 4.82. The van der Waals surface area contributed by atoms with Crippen molar-refractivity contribution in [1.29, 1.82) is 0 Å². The van der Waals surface area contributed by atoms with Gasteiger partial charge in [0.2, 0.25) is 0 Å². The molecule has 0 spiro atoms. The standard InChI is InChI=1S/C57H53N5/c1-55(2,3)38-25-28-48-43(31-38)44-32-39(56(4,5)6)26-29-49(44)61(48)42-34-46-45-33-40(57(7,8)9)27-30-50(45)62(41-23-17-12-18-24-41)51(46)47(35-42)54-59-52(36-19-13-10-14-20-36)58-53(60-54)37-21-15-11-16-22-37/h10-35H,1-9H3. The topological polar surface area (TPSA) is 48.5 Å². The van der Waals surface area contributed by atoms with Crippen molar-refractivity contribution in [3.8, 4) is 45.5 Å². The Balaban J connectivity index is 1.39. The first kappa shape index (κ1) is 39.3. The fraction of sp³-hybridized carbons (Fsp3) is 0.211. The van der Waals surface area contributed by atoms with Crippen LogP contribution in [-0.2, 0) is 16.2 Å². The summed E-state index contributed by atoms with van der Waals surface area (Å²) >= 11 is 0. The van der Waals surface area contributed by atoms with Crippen LogP contribution in [0.25, 0.3) is 89.2 Å². The van der Waals surface area contributed by atoms with Crippen LogP contribution in [0.15, 0.2) is 158 Å². The maximum absolute atomic E-state index is 5.39. The molecule has 0 aliphatic heterocycles. The second-order valence-electron chi connectivity index (χ2n) is 19.9. The predicted molar refractivity (Wildman–Crippen MR) is 261 cm³/mol. The summed E-state index contributed by atoms with van der Waals surface area (Å²) < 4.78 is 4.87. The fourth-order valence-electron chi connectivity index (χ4n) is 8.91. The van der Waals surface area contributed by atoms with E-state index >= 15 is 0 Å². The van der Waals surface area contributed by atoms with E-state index in [9.17, 15) is 0 Å². The predicted octanol–water partition coefficient (Wildman–Crippen LogP) is 15.0. The summed E-state index contributed by atoms with van der Waals surface area (Å²) in [5.41, 5.74) is 13.3. The third-order valence-corrected chi connectivity index (χ3v) is 12.4. The number of rotatable bonds is 5. The average Bonchev–Trinajstić information content (AvgIpc) is 3.78. The molecule has 0 radical (unpaired) electrons. The first-order chi connectivity index (χ1) is 29.6. The lowest BCUT2D eigenvalue weighted by Crippen LogP contribution is -2.10. The Bertz CT molecular complexity index is 3190. The minimum atomic E-state index is -0.0540. The van der Waals surface area contributed by atoms with Crippen molar-refractivity contribution < 1.29 is 0 Å². The van der Waals surface area contributed by atoms with Gasteiger partial charge in [-0.3, -0.25) is 0 Å². The van der Waals surface area contributed by atoms with Crippen molar-refractivity contribution in [2.75, 3.05) is 0 Å². The Morgan fingerprint density at radius 3 is 1.16 bits per heavy atom. The van der Waals surface area contributed by atoms with Crippen molar-refractivity contribution in [3.05, 3.63) is 174 Å². The van der Waals surface area contributed by atoms with Gasteiger partial charge in [-0.25, -0.2) is 15.0 Å². The second-order valence-corrected chi connectivity index (χ2v) is 19.9. The van der Waals surface area contributed by atoms with E-state index in [1.807, 2.05) is 36.4 Å². The molecule has 3 heterocycles. The van der Waals surface area contributed by atoms with Crippen LogP contribution in [0.5, 0.6) is 0 Å². The van der Waals surface area contributed by atoms with Crippen molar-refractivity contribution in [2.24, 2.45) is 0 Å². The Morgan fingerprint density at radius 2 is 0.726 bits per heavy atom. The second kappa shape index (κ2) is 14.4. The molecule has 10 aromatic rings. The molecule has 0 fully saturated rings. The number of nitrogens with zero attached hydrogens (tertiary/aromatic N) is 5. The Kier molecular flexibility index (Phi) is 9.11. The Labute approximate surface area is 364 Å². The largest absolute Gasteiger partial charge is 0.309 e. The lowest BCUT2D eigenvalue weighted by molar-refractivity contribution is 0.590. The van der Waals surface area contributed by atoms with Gasteiger partial charge in [-0.1, -0.05) is 159 Å². The van der Waals surface area contributed by atoms with Gasteiger partial charge in [0.1, 0.15) is 0 Å². The van der Waals surface area contributed by atoms with E-state index in [4.69, 9.17) is 15.0 Å². The molecule has 0 amide bonds. The molecule has 5 heteroatoms. The van der Waals surface area contributed by atoms with Crippen LogP contribution in [0.2, 0.25) is 0 Å². The molecule has 0 N–H and O–H groups in total. The zero-order valence-corrected chi connectivity index (χ0v) is 37.2. The summed E-state index contributed by atoms with van der Waals surface area (Å²) in [5.74, 6) is 1.88. The number of aromatic nitrogens is 5. The van der Waals surface area contributed by atoms with Gasteiger partial charge in [-0.05, 0) is 93.6 Å². The molecule has 62 heavy (non-hydrogen) atoms. The number of para-hydroxylation sites is 1. The van der Waals surface area contributed by atoms with Crippen LogP contribution in [0, 0.1) is 0 Å². The van der Waals surface area contributed by atoms with Gasteiger partial charge in [0.15, 0.2) is 17.5 Å². The van der Waals surface area contributed by atoms with Gasteiger partial charge in [-0.15, -0.1) is 0 Å². The molecule has 0 aliphatic rings.